The molecular weight excluding hydrogens is 408 g/mol. The molecule has 2 aromatic rings. The SMILES string of the molecule is COc1ccc(S(=O)(=O)N=S(CCC(=O)N(C)C)c2ccc(Cl)cc2)cc1. The van der Waals surface area contributed by atoms with E-state index in [1.807, 2.05) is 0 Å². The number of sulfonamides is 1. The molecule has 0 bridgehead atoms. The fraction of sp³-hybridized carbons (Fsp3) is 0.278. The van der Waals surface area contributed by atoms with Gasteiger partial charge in [0.25, 0.3) is 10.0 Å². The van der Waals surface area contributed by atoms with Gasteiger partial charge in [0.05, 0.1) is 12.0 Å². The summed E-state index contributed by atoms with van der Waals surface area (Å²) in [6.07, 6.45) is 0.195. The lowest BCUT2D eigenvalue weighted by Gasteiger charge is -2.12. The Bertz CT molecular complexity index is 925. The van der Waals surface area contributed by atoms with Crippen LogP contribution in [0.2, 0.25) is 5.02 Å². The number of nitrogens with zero attached hydrogens (tertiary/aromatic N) is 2. The summed E-state index contributed by atoms with van der Waals surface area (Å²) in [6.45, 7) is 0. The fourth-order valence-corrected chi connectivity index (χ4v) is 5.70. The second kappa shape index (κ2) is 9.34. The van der Waals surface area contributed by atoms with Gasteiger partial charge >= 0.3 is 0 Å². The van der Waals surface area contributed by atoms with E-state index in [4.69, 9.17) is 16.3 Å². The third-order valence-electron chi connectivity index (χ3n) is 3.64. The van der Waals surface area contributed by atoms with Gasteiger partial charge in [0.15, 0.2) is 0 Å². The number of rotatable bonds is 7. The van der Waals surface area contributed by atoms with Crippen LogP contribution in [0.1, 0.15) is 6.42 Å². The van der Waals surface area contributed by atoms with Crippen molar-refractivity contribution in [1.29, 1.82) is 0 Å². The summed E-state index contributed by atoms with van der Waals surface area (Å²) in [4.78, 5) is 14.2. The highest BCUT2D eigenvalue weighted by Crippen LogP contribution is 2.21. The number of carbonyl (C=O) groups excluding carboxylic acids is 1. The van der Waals surface area contributed by atoms with E-state index in [9.17, 15) is 13.2 Å². The molecule has 0 radical (unpaired) electrons. The van der Waals surface area contributed by atoms with Crippen molar-refractivity contribution >= 4 is 38.2 Å². The summed E-state index contributed by atoms with van der Waals surface area (Å²) in [5.74, 6) is 0.773. The van der Waals surface area contributed by atoms with Gasteiger partial charge < -0.3 is 9.64 Å². The number of methoxy groups -OCH3 is 1. The zero-order valence-corrected chi connectivity index (χ0v) is 17.6. The molecule has 1 amide bonds. The number of benzene rings is 2. The van der Waals surface area contributed by atoms with E-state index < -0.39 is 20.7 Å². The average Bonchev–Trinajstić information content (AvgIpc) is 2.65. The molecule has 0 fully saturated rings. The van der Waals surface area contributed by atoms with Gasteiger partial charge in [-0.25, -0.2) is 0 Å². The molecule has 0 spiro atoms. The molecule has 0 N–H and O–H groups in total. The first-order valence-corrected chi connectivity index (χ1v) is 11.2. The molecule has 2 rings (SSSR count). The highest BCUT2D eigenvalue weighted by Gasteiger charge is 2.16. The maximum atomic E-state index is 12.7. The number of hydrogen-bond donors (Lipinski definition) is 0. The lowest BCUT2D eigenvalue weighted by molar-refractivity contribution is -0.128. The topological polar surface area (TPSA) is 76.0 Å². The Hall–Kier alpha value is -1.90. The second-order valence-electron chi connectivity index (χ2n) is 5.79. The van der Waals surface area contributed by atoms with Crippen molar-refractivity contribution in [3.63, 3.8) is 0 Å². The van der Waals surface area contributed by atoms with E-state index in [0.29, 0.717) is 21.4 Å². The van der Waals surface area contributed by atoms with Gasteiger partial charge in [-0.15, -0.1) is 3.77 Å². The normalized spacial score (nSPS) is 12.6. The van der Waals surface area contributed by atoms with E-state index in [2.05, 4.69) is 3.77 Å². The third-order valence-corrected chi connectivity index (χ3v) is 7.67. The molecular formula is C18H21ClN2O4S2. The Morgan fingerprint density at radius 3 is 2.22 bits per heavy atom. The molecule has 2 aromatic carbocycles. The molecule has 0 aliphatic carbocycles. The van der Waals surface area contributed by atoms with E-state index >= 15 is 0 Å². The Balaban J connectivity index is 2.40. The van der Waals surface area contributed by atoms with Crippen molar-refractivity contribution in [3.05, 3.63) is 53.6 Å². The highest BCUT2D eigenvalue weighted by molar-refractivity contribution is 8.00. The van der Waals surface area contributed by atoms with Gasteiger partial charge in [0.2, 0.25) is 5.91 Å². The van der Waals surface area contributed by atoms with Gasteiger partial charge in [-0.2, -0.15) is 8.42 Å². The average molecular weight is 429 g/mol. The molecule has 9 heteroatoms. The van der Waals surface area contributed by atoms with Crippen LogP contribution in [0.25, 0.3) is 0 Å². The predicted molar refractivity (Wildman–Crippen MR) is 108 cm³/mol. The molecule has 0 aliphatic rings. The van der Waals surface area contributed by atoms with Crippen LogP contribution in [-0.4, -0.2) is 46.2 Å². The maximum Gasteiger partial charge on any atom is 0.288 e. The first kappa shape index (κ1) is 21.4. The lowest BCUT2D eigenvalue weighted by atomic mass is 10.3. The number of ether oxygens (including phenoxy) is 1. The molecule has 1 atom stereocenters. The van der Waals surface area contributed by atoms with Crippen molar-refractivity contribution in [1.82, 2.24) is 4.90 Å². The van der Waals surface area contributed by atoms with Crippen molar-refractivity contribution in [2.24, 2.45) is 3.77 Å². The Morgan fingerprint density at radius 2 is 1.70 bits per heavy atom. The van der Waals surface area contributed by atoms with Crippen LogP contribution in [0.15, 0.2) is 62.1 Å². The molecule has 27 heavy (non-hydrogen) atoms. The Kier molecular flexibility index (Phi) is 7.41. The number of hydrogen-bond acceptors (Lipinski definition) is 4. The maximum absolute atomic E-state index is 12.7. The first-order chi connectivity index (χ1) is 12.7. The summed E-state index contributed by atoms with van der Waals surface area (Å²) >= 11 is 5.92. The molecule has 6 nitrogen and oxygen atoms in total. The fourth-order valence-electron chi connectivity index (χ4n) is 2.11. The molecule has 0 saturated carbocycles. The number of amides is 1. The second-order valence-corrected chi connectivity index (χ2v) is 9.85. The summed E-state index contributed by atoms with van der Waals surface area (Å²) in [5.41, 5.74) is 0. The van der Waals surface area contributed by atoms with Gasteiger partial charge in [-0.1, -0.05) is 22.3 Å². The first-order valence-electron chi connectivity index (χ1n) is 8.02. The molecule has 0 aliphatic heterocycles. The molecule has 1 unspecified atom stereocenters. The van der Waals surface area contributed by atoms with Crippen LogP contribution in [0.5, 0.6) is 5.75 Å². The van der Waals surface area contributed by atoms with Crippen molar-refractivity contribution in [2.45, 2.75) is 16.2 Å². The molecule has 0 saturated heterocycles. The van der Waals surface area contributed by atoms with Crippen LogP contribution in [0.4, 0.5) is 0 Å². The van der Waals surface area contributed by atoms with Gasteiger partial charge in [-0.3, -0.25) is 4.79 Å². The smallest absolute Gasteiger partial charge is 0.288 e. The van der Waals surface area contributed by atoms with Crippen molar-refractivity contribution in [2.75, 3.05) is 27.0 Å². The van der Waals surface area contributed by atoms with Gasteiger partial charge in [-0.05, 0) is 48.5 Å². The van der Waals surface area contributed by atoms with E-state index in [-0.39, 0.29) is 17.2 Å². The largest absolute Gasteiger partial charge is 0.497 e. The van der Waals surface area contributed by atoms with Crippen LogP contribution in [0, 0.1) is 0 Å². The summed E-state index contributed by atoms with van der Waals surface area (Å²) < 4.78 is 34.6. The van der Waals surface area contributed by atoms with Gasteiger partial charge in [0, 0.05) is 36.2 Å². The minimum absolute atomic E-state index is 0.0775. The summed E-state index contributed by atoms with van der Waals surface area (Å²) in [6, 6.07) is 12.9. The molecule has 146 valence electrons. The molecule has 0 heterocycles. The minimum atomic E-state index is -3.89. The quantitative estimate of drug-likeness (QED) is 0.677. The van der Waals surface area contributed by atoms with Crippen LogP contribution in [0.3, 0.4) is 0 Å². The van der Waals surface area contributed by atoms with Crippen molar-refractivity contribution in [3.8, 4) is 5.75 Å². The predicted octanol–water partition coefficient (Wildman–Crippen LogP) is 3.38. The van der Waals surface area contributed by atoms with Gasteiger partial charge in [0.1, 0.15) is 5.75 Å². The van der Waals surface area contributed by atoms with E-state index in [0.717, 1.165) is 0 Å². The Morgan fingerprint density at radius 1 is 1.11 bits per heavy atom. The third kappa shape index (κ3) is 6.05. The zero-order valence-electron chi connectivity index (χ0n) is 15.3. The summed E-state index contributed by atoms with van der Waals surface area (Å²) in [7, 11) is -0.0688. The van der Waals surface area contributed by atoms with Crippen LogP contribution < -0.4 is 4.74 Å². The lowest BCUT2D eigenvalue weighted by Crippen LogP contribution is -2.23. The highest BCUT2D eigenvalue weighted by atomic mass is 35.5. The van der Waals surface area contributed by atoms with E-state index in [1.54, 1.807) is 50.5 Å². The summed E-state index contributed by atoms with van der Waals surface area (Å²) in [5, 5.41) is 0.546. The van der Waals surface area contributed by atoms with Crippen molar-refractivity contribution < 1.29 is 17.9 Å². The standard InChI is InChI=1S/C18H21ClN2O4S2/c1-21(2)18(22)12-13-26(16-8-4-14(19)5-9-16)20-27(23,24)17-10-6-15(25-3)7-11-17/h4-11H,12-13H2,1-3H3. The Labute approximate surface area is 167 Å². The molecule has 0 aromatic heterocycles. The monoisotopic (exact) mass is 428 g/mol. The van der Waals surface area contributed by atoms with E-state index in [1.165, 1.54) is 24.1 Å². The van der Waals surface area contributed by atoms with Crippen LogP contribution in [-0.2, 0) is 25.5 Å². The zero-order chi connectivity index (χ0) is 20.0. The number of halogens is 1. The minimum Gasteiger partial charge on any atom is -0.497 e. The number of carbonyl (C=O) groups is 1. The van der Waals surface area contributed by atoms with Crippen LogP contribution >= 0.6 is 11.6 Å².